The van der Waals surface area contributed by atoms with Crippen LogP contribution in [0.3, 0.4) is 0 Å². The van der Waals surface area contributed by atoms with E-state index in [9.17, 15) is 9.90 Å². The summed E-state index contributed by atoms with van der Waals surface area (Å²) in [6.45, 7) is 10.1. The summed E-state index contributed by atoms with van der Waals surface area (Å²) in [5.41, 5.74) is 0.677. The third-order valence-electron chi connectivity index (χ3n) is 2.82. The van der Waals surface area contributed by atoms with E-state index in [-0.39, 0.29) is 24.0 Å². The number of hydrogen-bond acceptors (Lipinski definition) is 3. The number of amides is 1. The van der Waals surface area contributed by atoms with Crippen LogP contribution in [-0.2, 0) is 4.79 Å². The van der Waals surface area contributed by atoms with Gasteiger partial charge in [-0.2, -0.15) is 0 Å². The van der Waals surface area contributed by atoms with Gasteiger partial charge in [-0.25, -0.2) is 0 Å². The van der Waals surface area contributed by atoms with Gasteiger partial charge in [0.2, 0.25) is 5.91 Å². The van der Waals surface area contributed by atoms with Crippen LogP contribution in [0.1, 0.15) is 46.3 Å². The van der Waals surface area contributed by atoms with Crippen LogP contribution < -0.4 is 10.1 Å². The molecule has 0 aliphatic heterocycles. The second-order valence-corrected chi connectivity index (χ2v) is 6.70. The molecule has 0 aromatic heterocycles. The minimum atomic E-state index is -0.761. The second-order valence-electron chi connectivity index (χ2n) is 6.70. The Morgan fingerprint density at radius 1 is 1.36 bits per heavy atom. The molecule has 4 nitrogen and oxygen atoms in total. The zero-order valence-corrected chi connectivity index (χ0v) is 14.1. The molecule has 0 saturated heterocycles. The third-order valence-corrected chi connectivity index (χ3v) is 2.82. The predicted octanol–water partition coefficient (Wildman–Crippen LogP) is 3.23. The van der Waals surface area contributed by atoms with E-state index in [0.29, 0.717) is 5.75 Å². The number of aliphatic hydroxyl groups excluding tert-OH is 1. The van der Waals surface area contributed by atoms with Crippen molar-refractivity contribution in [3.8, 4) is 5.75 Å². The lowest BCUT2D eigenvalue weighted by atomic mass is 9.96. The molecular formula is C18H27NO3. The van der Waals surface area contributed by atoms with Crippen molar-refractivity contribution < 1.29 is 14.6 Å². The van der Waals surface area contributed by atoms with Crippen molar-refractivity contribution in [2.24, 2.45) is 5.41 Å². The van der Waals surface area contributed by atoms with Crippen LogP contribution >= 0.6 is 0 Å². The first-order chi connectivity index (χ1) is 10.2. The number of rotatable bonds is 6. The highest BCUT2D eigenvalue weighted by molar-refractivity contribution is 5.87. The van der Waals surface area contributed by atoms with E-state index < -0.39 is 6.10 Å². The summed E-state index contributed by atoms with van der Waals surface area (Å²) in [6.07, 6.45) is 2.66. The first kappa shape index (κ1) is 18.2. The topological polar surface area (TPSA) is 58.6 Å². The van der Waals surface area contributed by atoms with Crippen LogP contribution in [0.5, 0.6) is 5.75 Å². The molecular weight excluding hydrogens is 278 g/mol. The van der Waals surface area contributed by atoms with Gasteiger partial charge in [-0.3, -0.25) is 4.79 Å². The molecule has 0 bridgehead atoms. The average Bonchev–Trinajstić information content (AvgIpc) is 2.41. The van der Waals surface area contributed by atoms with Crippen molar-refractivity contribution in [1.82, 2.24) is 5.32 Å². The molecule has 1 aromatic carbocycles. The van der Waals surface area contributed by atoms with Crippen molar-refractivity contribution in [2.75, 3.05) is 6.54 Å². The van der Waals surface area contributed by atoms with Crippen molar-refractivity contribution >= 4 is 5.91 Å². The molecule has 0 fully saturated rings. The summed E-state index contributed by atoms with van der Waals surface area (Å²) in [5, 5.41) is 12.9. The third kappa shape index (κ3) is 7.27. The van der Waals surface area contributed by atoms with E-state index in [1.54, 1.807) is 6.07 Å². The highest BCUT2D eigenvalue weighted by atomic mass is 16.5. The van der Waals surface area contributed by atoms with Crippen molar-refractivity contribution in [3.63, 3.8) is 0 Å². The van der Waals surface area contributed by atoms with Crippen molar-refractivity contribution in [2.45, 2.75) is 46.8 Å². The Balaban J connectivity index is 2.57. The largest absolute Gasteiger partial charge is 0.491 e. The number of nitrogens with one attached hydrogen (secondary N) is 1. The number of carbonyl (C=O) groups is 1. The molecule has 22 heavy (non-hydrogen) atoms. The van der Waals surface area contributed by atoms with Gasteiger partial charge in [-0.05, 0) is 43.0 Å². The number of benzene rings is 1. The SMILES string of the molecule is CC(C)Oc1cccc(C(O)CNC(=O)/C=C/C(C)(C)C)c1. The van der Waals surface area contributed by atoms with Crippen LogP contribution in [-0.4, -0.2) is 23.7 Å². The van der Waals surface area contributed by atoms with Gasteiger partial charge in [0.1, 0.15) is 5.75 Å². The Labute approximate surface area is 133 Å². The van der Waals surface area contributed by atoms with Crippen LogP contribution in [0, 0.1) is 5.41 Å². The van der Waals surface area contributed by atoms with Crippen LogP contribution in [0.25, 0.3) is 0 Å². The van der Waals surface area contributed by atoms with Gasteiger partial charge < -0.3 is 15.2 Å². The quantitative estimate of drug-likeness (QED) is 0.793. The molecule has 2 N–H and O–H groups in total. The standard InChI is InChI=1S/C18H27NO3/c1-13(2)22-15-8-6-7-14(11-15)16(20)12-19-17(21)9-10-18(3,4)5/h6-11,13,16,20H,12H2,1-5H3,(H,19,21)/b10-9+. The van der Waals surface area contributed by atoms with Gasteiger partial charge >= 0.3 is 0 Å². The molecule has 0 spiro atoms. The first-order valence-corrected chi connectivity index (χ1v) is 7.59. The predicted molar refractivity (Wildman–Crippen MR) is 88.8 cm³/mol. The van der Waals surface area contributed by atoms with E-state index in [4.69, 9.17) is 4.74 Å². The summed E-state index contributed by atoms with van der Waals surface area (Å²) in [4.78, 5) is 11.7. The smallest absolute Gasteiger partial charge is 0.243 e. The lowest BCUT2D eigenvalue weighted by molar-refractivity contribution is -0.117. The molecule has 0 aliphatic rings. The van der Waals surface area contributed by atoms with Gasteiger partial charge in [0.25, 0.3) is 0 Å². The van der Waals surface area contributed by atoms with E-state index in [0.717, 1.165) is 5.56 Å². The summed E-state index contributed by atoms with van der Waals surface area (Å²) in [7, 11) is 0. The Kier molecular flexibility index (Phi) is 6.62. The van der Waals surface area contributed by atoms with Gasteiger partial charge in [0, 0.05) is 6.54 Å². The summed E-state index contributed by atoms with van der Waals surface area (Å²) in [6, 6.07) is 7.29. The molecule has 1 unspecified atom stereocenters. The Morgan fingerprint density at radius 2 is 2.05 bits per heavy atom. The molecule has 122 valence electrons. The summed E-state index contributed by atoms with van der Waals surface area (Å²) >= 11 is 0. The van der Waals surface area contributed by atoms with Gasteiger partial charge in [0.05, 0.1) is 12.2 Å². The van der Waals surface area contributed by atoms with E-state index in [1.807, 2.05) is 58.9 Å². The fourth-order valence-corrected chi connectivity index (χ4v) is 1.77. The maximum absolute atomic E-state index is 11.7. The maximum atomic E-state index is 11.7. The van der Waals surface area contributed by atoms with Crippen molar-refractivity contribution in [3.05, 3.63) is 42.0 Å². The van der Waals surface area contributed by atoms with E-state index in [2.05, 4.69) is 5.32 Å². The molecule has 0 heterocycles. The maximum Gasteiger partial charge on any atom is 0.243 e. The lowest BCUT2D eigenvalue weighted by Crippen LogP contribution is -2.27. The van der Waals surface area contributed by atoms with Crippen molar-refractivity contribution in [1.29, 1.82) is 0 Å². The van der Waals surface area contributed by atoms with Gasteiger partial charge in [-0.15, -0.1) is 0 Å². The highest BCUT2D eigenvalue weighted by Crippen LogP contribution is 2.20. The van der Waals surface area contributed by atoms with E-state index in [1.165, 1.54) is 6.08 Å². The molecule has 1 rings (SSSR count). The van der Waals surface area contributed by atoms with Gasteiger partial charge in [0.15, 0.2) is 0 Å². The molecule has 1 atom stereocenters. The average molecular weight is 305 g/mol. The molecule has 0 aliphatic carbocycles. The highest BCUT2D eigenvalue weighted by Gasteiger charge is 2.11. The van der Waals surface area contributed by atoms with Crippen LogP contribution in [0.15, 0.2) is 36.4 Å². The molecule has 0 saturated carbocycles. The number of allylic oxidation sites excluding steroid dienone is 1. The fourth-order valence-electron chi connectivity index (χ4n) is 1.77. The normalized spacial score (nSPS) is 13.4. The monoisotopic (exact) mass is 305 g/mol. The minimum Gasteiger partial charge on any atom is -0.491 e. The number of carbonyl (C=O) groups excluding carboxylic acids is 1. The van der Waals surface area contributed by atoms with E-state index >= 15 is 0 Å². The number of ether oxygens (including phenoxy) is 1. The first-order valence-electron chi connectivity index (χ1n) is 7.59. The zero-order valence-electron chi connectivity index (χ0n) is 14.1. The van der Waals surface area contributed by atoms with Gasteiger partial charge in [-0.1, -0.05) is 39.0 Å². The Morgan fingerprint density at radius 3 is 2.64 bits per heavy atom. The molecule has 4 heteroatoms. The fraction of sp³-hybridized carbons (Fsp3) is 0.500. The summed E-state index contributed by atoms with van der Waals surface area (Å²) < 4.78 is 5.60. The summed E-state index contributed by atoms with van der Waals surface area (Å²) in [5.74, 6) is 0.508. The Hall–Kier alpha value is -1.81. The molecule has 1 aromatic rings. The molecule has 1 amide bonds. The lowest BCUT2D eigenvalue weighted by Gasteiger charge is -2.15. The Bertz CT molecular complexity index is 515. The molecule has 0 radical (unpaired) electrons. The van der Waals surface area contributed by atoms with Crippen LogP contribution in [0.2, 0.25) is 0 Å². The van der Waals surface area contributed by atoms with Crippen LogP contribution in [0.4, 0.5) is 0 Å². The number of aliphatic hydroxyl groups is 1. The second kappa shape index (κ2) is 7.99. The zero-order chi connectivity index (χ0) is 16.8. The minimum absolute atomic E-state index is 0.0432. The number of hydrogen-bond donors (Lipinski definition) is 2.